The molecule has 2 unspecified atom stereocenters. The lowest BCUT2D eigenvalue weighted by Gasteiger charge is -2.28. The van der Waals surface area contributed by atoms with Crippen molar-refractivity contribution >= 4 is 11.8 Å². The van der Waals surface area contributed by atoms with Crippen molar-refractivity contribution in [3.05, 3.63) is 18.2 Å². The van der Waals surface area contributed by atoms with Gasteiger partial charge in [-0.15, -0.1) is 11.8 Å². The van der Waals surface area contributed by atoms with Gasteiger partial charge in [-0.3, -0.25) is 0 Å². The van der Waals surface area contributed by atoms with Crippen LogP contribution < -0.4 is 4.74 Å². The van der Waals surface area contributed by atoms with Gasteiger partial charge < -0.3 is 9.84 Å². The van der Waals surface area contributed by atoms with Crippen LogP contribution in [0.15, 0.2) is 23.1 Å². The number of benzene rings is 1. The van der Waals surface area contributed by atoms with Crippen LogP contribution in [0.3, 0.4) is 0 Å². The summed E-state index contributed by atoms with van der Waals surface area (Å²) in [6.07, 6.45) is 0.208. The molecule has 1 heterocycles. The second kappa shape index (κ2) is 3.14. The van der Waals surface area contributed by atoms with E-state index in [9.17, 15) is 5.11 Å². The first-order chi connectivity index (χ1) is 6.16. The predicted molar refractivity (Wildman–Crippen MR) is 53.5 cm³/mol. The molecule has 1 aliphatic rings. The van der Waals surface area contributed by atoms with Gasteiger partial charge in [0.25, 0.3) is 0 Å². The van der Waals surface area contributed by atoms with Gasteiger partial charge in [-0.25, -0.2) is 0 Å². The molecule has 13 heavy (non-hydrogen) atoms. The average molecular weight is 196 g/mol. The highest BCUT2D eigenvalue weighted by molar-refractivity contribution is 8.00. The molecular formula is C10H12O2S. The van der Waals surface area contributed by atoms with Crippen LogP contribution in [0.2, 0.25) is 0 Å². The van der Waals surface area contributed by atoms with Crippen LogP contribution in [-0.4, -0.2) is 16.5 Å². The van der Waals surface area contributed by atoms with Gasteiger partial charge in [0.2, 0.25) is 0 Å². The summed E-state index contributed by atoms with van der Waals surface area (Å²) in [5, 5.41) is 9.72. The minimum absolute atomic E-state index is 0.208. The third-order valence-electron chi connectivity index (χ3n) is 2.21. The Morgan fingerprint density at radius 2 is 2.15 bits per heavy atom. The molecule has 0 aliphatic carbocycles. The highest BCUT2D eigenvalue weighted by Gasteiger charge is 2.23. The normalized spacial score (nSPS) is 26.3. The van der Waals surface area contributed by atoms with Gasteiger partial charge >= 0.3 is 0 Å². The van der Waals surface area contributed by atoms with Crippen LogP contribution in [-0.2, 0) is 0 Å². The lowest BCUT2D eigenvalue weighted by atomic mass is 10.2. The van der Waals surface area contributed by atoms with E-state index in [4.69, 9.17) is 4.74 Å². The van der Waals surface area contributed by atoms with Crippen LogP contribution in [0.25, 0.3) is 0 Å². The van der Waals surface area contributed by atoms with E-state index in [-0.39, 0.29) is 11.9 Å². The standard InChI is InChI=1S/C10H12O2S/c1-6-7(2)13-10-4-3-8(11)5-9(10)12-6/h3-7,11H,1-2H3. The van der Waals surface area contributed by atoms with Crippen molar-refractivity contribution in [3.8, 4) is 11.5 Å². The summed E-state index contributed by atoms with van der Waals surface area (Å²) in [6.45, 7) is 4.19. The van der Waals surface area contributed by atoms with Crippen molar-refractivity contribution in [1.82, 2.24) is 0 Å². The molecule has 2 rings (SSSR count). The summed E-state index contributed by atoms with van der Waals surface area (Å²) >= 11 is 1.79. The van der Waals surface area contributed by atoms with Gasteiger partial charge in [0.1, 0.15) is 17.6 Å². The fraction of sp³-hybridized carbons (Fsp3) is 0.400. The van der Waals surface area contributed by atoms with E-state index in [0.29, 0.717) is 5.25 Å². The number of ether oxygens (including phenoxy) is 1. The zero-order valence-corrected chi connectivity index (χ0v) is 8.47. The van der Waals surface area contributed by atoms with E-state index in [0.717, 1.165) is 10.6 Å². The zero-order chi connectivity index (χ0) is 9.42. The molecule has 0 amide bonds. The van der Waals surface area contributed by atoms with Gasteiger partial charge in [0.05, 0.1) is 4.90 Å². The highest BCUT2D eigenvalue weighted by Crippen LogP contribution is 2.40. The Balaban J connectivity index is 2.37. The summed E-state index contributed by atoms with van der Waals surface area (Å²) in [5.74, 6) is 1.07. The predicted octanol–water partition coefficient (Wildman–Crippen LogP) is 2.65. The Kier molecular flexibility index (Phi) is 2.12. The molecule has 0 saturated heterocycles. The second-order valence-corrected chi connectivity index (χ2v) is 4.70. The van der Waals surface area contributed by atoms with E-state index in [2.05, 4.69) is 6.92 Å². The second-order valence-electron chi connectivity index (χ2n) is 3.28. The Morgan fingerprint density at radius 3 is 2.92 bits per heavy atom. The largest absolute Gasteiger partial charge is 0.508 e. The van der Waals surface area contributed by atoms with E-state index < -0.39 is 0 Å². The van der Waals surface area contributed by atoms with Crippen LogP contribution >= 0.6 is 11.8 Å². The van der Waals surface area contributed by atoms with Crippen molar-refractivity contribution in [1.29, 1.82) is 0 Å². The summed E-state index contributed by atoms with van der Waals surface area (Å²) in [6, 6.07) is 5.26. The van der Waals surface area contributed by atoms with E-state index in [1.54, 1.807) is 23.9 Å². The molecule has 70 valence electrons. The maximum Gasteiger partial charge on any atom is 0.137 e. The smallest absolute Gasteiger partial charge is 0.137 e. The van der Waals surface area contributed by atoms with Gasteiger partial charge in [-0.05, 0) is 26.0 Å². The molecule has 1 aliphatic heterocycles. The summed E-state index contributed by atoms with van der Waals surface area (Å²) in [4.78, 5) is 1.11. The SMILES string of the molecule is CC1Oc2cc(O)ccc2SC1C. The number of hydrogen-bond donors (Lipinski definition) is 1. The van der Waals surface area contributed by atoms with Gasteiger partial charge in [0, 0.05) is 11.3 Å². The number of phenols is 1. The fourth-order valence-electron chi connectivity index (χ4n) is 1.28. The summed E-state index contributed by atoms with van der Waals surface area (Å²) in [5.41, 5.74) is 0. The van der Waals surface area contributed by atoms with Crippen molar-refractivity contribution in [3.63, 3.8) is 0 Å². The molecule has 1 aromatic rings. The van der Waals surface area contributed by atoms with Crippen LogP contribution in [0.4, 0.5) is 0 Å². The number of fused-ring (bicyclic) bond motifs is 1. The number of hydrogen-bond acceptors (Lipinski definition) is 3. The zero-order valence-electron chi connectivity index (χ0n) is 7.65. The number of rotatable bonds is 0. The number of phenolic OH excluding ortho intramolecular Hbond substituents is 1. The Bertz CT molecular complexity index is 325. The molecule has 2 nitrogen and oxygen atoms in total. The topological polar surface area (TPSA) is 29.5 Å². The Labute approximate surface area is 81.9 Å². The minimum atomic E-state index is 0.208. The van der Waals surface area contributed by atoms with Crippen molar-refractivity contribution < 1.29 is 9.84 Å². The summed E-state index contributed by atoms with van der Waals surface area (Å²) in [7, 11) is 0. The van der Waals surface area contributed by atoms with Crippen LogP contribution in [0.1, 0.15) is 13.8 Å². The molecule has 0 aromatic heterocycles. The highest BCUT2D eigenvalue weighted by atomic mass is 32.2. The quantitative estimate of drug-likeness (QED) is 0.691. The Hall–Kier alpha value is -0.830. The third kappa shape index (κ3) is 1.61. The molecular weight excluding hydrogens is 184 g/mol. The maximum atomic E-state index is 9.25. The minimum Gasteiger partial charge on any atom is -0.508 e. The molecule has 0 bridgehead atoms. The molecule has 1 aromatic carbocycles. The van der Waals surface area contributed by atoms with Crippen LogP contribution in [0.5, 0.6) is 11.5 Å². The van der Waals surface area contributed by atoms with E-state index in [1.165, 1.54) is 0 Å². The monoisotopic (exact) mass is 196 g/mol. The van der Waals surface area contributed by atoms with Crippen molar-refractivity contribution in [2.24, 2.45) is 0 Å². The molecule has 3 heteroatoms. The maximum absolute atomic E-state index is 9.25. The summed E-state index contributed by atoms with van der Waals surface area (Å²) < 4.78 is 5.64. The first kappa shape index (κ1) is 8.75. The van der Waals surface area contributed by atoms with Crippen molar-refractivity contribution in [2.75, 3.05) is 0 Å². The van der Waals surface area contributed by atoms with Crippen molar-refractivity contribution in [2.45, 2.75) is 30.1 Å². The third-order valence-corrected chi connectivity index (χ3v) is 3.56. The Morgan fingerprint density at radius 1 is 1.38 bits per heavy atom. The van der Waals surface area contributed by atoms with Gasteiger partial charge in [-0.2, -0.15) is 0 Å². The number of thioether (sulfide) groups is 1. The molecule has 0 saturated carbocycles. The molecule has 0 fully saturated rings. The van der Waals surface area contributed by atoms with E-state index in [1.807, 2.05) is 13.0 Å². The fourth-order valence-corrected chi connectivity index (χ4v) is 2.30. The average Bonchev–Trinajstić information content (AvgIpc) is 2.08. The first-order valence-electron chi connectivity index (χ1n) is 4.33. The van der Waals surface area contributed by atoms with E-state index >= 15 is 0 Å². The molecule has 1 N–H and O–H groups in total. The van der Waals surface area contributed by atoms with Gasteiger partial charge in [0.15, 0.2) is 0 Å². The van der Waals surface area contributed by atoms with Crippen LogP contribution in [0, 0.1) is 0 Å². The lowest BCUT2D eigenvalue weighted by molar-refractivity contribution is 0.210. The first-order valence-corrected chi connectivity index (χ1v) is 5.21. The molecule has 0 spiro atoms. The molecule has 2 atom stereocenters. The van der Waals surface area contributed by atoms with Gasteiger partial charge in [-0.1, -0.05) is 0 Å². The number of aromatic hydroxyl groups is 1. The lowest BCUT2D eigenvalue weighted by Crippen LogP contribution is -2.26. The molecule has 0 radical (unpaired) electrons.